The van der Waals surface area contributed by atoms with Crippen molar-refractivity contribution in [3.05, 3.63) is 86.5 Å². The lowest BCUT2D eigenvalue weighted by molar-refractivity contribution is -0.148. The van der Waals surface area contributed by atoms with Crippen LogP contribution in [0.1, 0.15) is 181 Å². The van der Waals surface area contributed by atoms with Crippen molar-refractivity contribution in [1.29, 1.82) is 0 Å². The van der Waals surface area contributed by atoms with E-state index >= 15 is 0 Å². The maximum atomic E-state index is 12.5. The second kappa shape index (κ2) is 38.2. The van der Waals surface area contributed by atoms with Gasteiger partial charge in [0.2, 0.25) is 0 Å². The monoisotopic (exact) mass is 1280 g/mol. The van der Waals surface area contributed by atoms with Gasteiger partial charge < -0.3 is 45.2 Å². The number of hydrogen-bond donors (Lipinski definition) is 5. The van der Waals surface area contributed by atoms with Crippen LogP contribution in [0.3, 0.4) is 0 Å². The van der Waals surface area contributed by atoms with Gasteiger partial charge in [-0.05, 0) is 134 Å². The van der Waals surface area contributed by atoms with E-state index in [1.54, 1.807) is 13.8 Å². The maximum Gasteiger partial charge on any atom is 0.306 e. The molecule has 0 saturated carbocycles. The van der Waals surface area contributed by atoms with Gasteiger partial charge in [-0.25, -0.2) is 0 Å². The predicted octanol–water partition coefficient (Wildman–Crippen LogP) is 13.9. The third-order valence-electron chi connectivity index (χ3n) is 11.8. The summed E-state index contributed by atoms with van der Waals surface area (Å²) in [5.41, 5.74) is 7.70. The maximum absolute atomic E-state index is 12.5. The lowest BCUT2D eigenvalue weighted by atomic mass is 9.83. The first-order valence-electron chi connectivity index (χ1n) is 27.7. The van der Waals surface area contributed by atoms with E-state index in [4.69, 9.17) is 19.7 Å². The van der Waals surface area contributed by atoms with Crippen LogP contribution in [0.4, 0.5) is 0 Å². The van der Waals surface area contributed by atoms with E-state index in [1.165, 1.54) is 76.8 Å². The van der Waals surface area contributed by atoms with Gasteiger partial charge in [0.05, 0.1) is 19.3 Å². The SMILES string of the molecule is C.CC.CC(O)CSc1nnc(SCC(C)O)s1.COC(=O)CCc1cc(C)c(O)c(C(C)(C)C)c1.Cc1cc(CCC(=O)OC(C)CSc2nnc(SCC(C)OC(=O)CCc3cc(C)c(O)c(C(C)(C)C)c3)s2)cc(C(C)(C)C)c1O.O. The zero-order chi connectivity index (χ0) is 62.3. The Hall–Kier alpha value is -4.13. The van der Waals surface area contributed by atoms with Gasteiger partial charge in [0.1, 0.15) is 29.5 Å². The molecule has 22 heteroatoms. The van der Waals surface area contributed by atoms with Crippen LogP contribution in [0.5, 0.6) is 17.2 Å². The third kappa shape index (κ3) is 29.5. The minimum absolute atomic E-state index is 0. The smallest absolute Gasteiger partial charge is 0.306 e. The molecule has 0 saturated heterocycles. The van der Waals surface area contributed by atoms with Crippen LogP contribution < -0.4 is 0 Å². The van der Waals surface area contributed by atoms with Crippen LogP contribution >= 0.6 is 69.7 Å². The zero-order valence-corrected chi connectivity index (χ0v) is 57.2. The summed E-state index contributed by atoms with van der Waals surface area (Å²) >= 11 is 8.95. The van der Waals surface area contributed by atoms with Crippen LogP contribution in [0, 0.1) is 20.8 Å². The second-order valence-electron chi connectivity index (χ2n) is 23.0. The van der Waals surface area contributed by atoms with Crippen molar-refractivity contribution in [2.24, 2.45) is 0 Å². The van der Waals surface area contributed by atoms with Gasteiger partial charge in [0, 0.05) is 42.3 Å². The highest BCUT2D eigenvalue weighted by atomic mass is 32.2. The molecule has 0 spiro atoms. The molecule has 5 rings (SSSR count). The number of hydrogen-bond acceptors (Lipinski definition) is 21. The van der Waals surface area contributed by atoms with E-state index < -0.39 is 0 Å². The summed E-state index contributed by atoms with van der Waals surface area (Å²) in [4.78, 5) is 36.2. The van der Waals surface area contributed by atoms with E-state index in [1.807, 2.05) is 84.9 Å². The molecule has 16 nitrogen and oxygen atoms in total. The Morgan fingerprint density at radius 3 is 0.976 bits per heavy atom. The Morgan fingerprint density at radius 1 is 0.488 bits per heavy atom. The number of phenols is 3. The van der Waals surface area contributed by atoms with Crippen LogP contribution in [0.15, 0.2) is 53.8 Å². The fraction of sp³-hybridized carbons (Fsp3) is 0.597. The molecule has 84 heavy (non-hydrogen) atoms. The van der Waals surface area contributed by atoms with Gasteiger partial charge in [-0.15, -0.1) is 20.4 Å². The molecule has 0 radical (unpaired) electrons. The summed E-state index contributed by atoms with van der Waals surface area (Å²) in [6, 6.07) is 11.7. The number of benzene rings is 3. The van der Waals surface area contributed by atoms with E-state index in [0.29, 0.717) is 65.9 Å². The van der Waals surface area contributed by atoms with Crippen molar-refractivity contribution in [2.45, 2.75) is 229 Å². The molecule has 5 aromatic rings. The molecule has 0 amide bonds. The van der Waals surface area contributed by atoms with Crippen LogP contribution in [-0.2, 0) is 64.1 Å². The summed E-state index contributed by atoms with van der Waals surface area (Å²) in [7, 11) is 1.39. The number of phenolic OH excluding ortho intramolecular Hbond substituents is 3. The molecule has 4 unspecified atom stereocenters. The summed E-state index contributed by atoms with van der Waals surface area (Å²) < 4.78 is 19.2. The standard InChI is InChI=1S/C36H50N2O6S3.C15H22O3.C8H14N2O2S3.C2H6.CH4.H2O/c1-21-15-25(17-27(31(21)41)35(5,6)7)11-13-29(39)43-23(3)19-45-33-37-38-34(47-33)46-20-24(4)44-30(40)14-12-26-16-22(2)32(42)28(18-26)36(8,9)10;1-10-8-11(6-7-13(16)18-5)9-12(14(10)17)15(2,3)4;1-5(11)3-13-7-9-10-8(15-7)14-4-6(2)12;1-2;;/h15-18,23-24,41-42H,11-14,19-20H2,1-10H3;8-9,17H,6-7H2,1-5H3;5-6,11-12H,3-4H2,1-2H3;1-2H3;1H4;1H2. The molecule has 0 aliphatic rings. The molecule has 4 atom stereocenters. The average Bonchev–Trinajstić information content (AvgIpc) is 4.11. The quantitative estimate of drug-likeness (QED) is 0.0231. The Kier molecular flexibility index (Phi) is 36.3. The number of carbonyl (C=O) groups excluding carboxylic acids is 3. The minimum Gasteiger partial charge on any atom is -0.507 e. The molecule has 474 valence electrons. The predicted molar refractivity (Wildman–Crippen MR) is 350 cm³/mol. The van der Waals surface area contributed by atoms with E-state index in [0.717, 1.165) is 67.4 Å². The third-order valence-corrected chi connectivity index (χ3v) is 19.1. The molecular formula is C62H98N4O12S6. The van der Waals surface area contributed by atoms with E-state index in [2.05, 4.69) is 87.4 Å². The Balaban J connectivity index is 0.00000152. The van der Waals surface area contributed by atoms with Crippen molar-refractivity contribution in [2.75, 3.05) is 30.1 Å². The van der Waals surface area contributed by atoms with Gasteiger partial charge in [-0.2, -0.15) is 0 Å². The number of aromatic nitrogens is 4. The van der Waals surface area contributed by atoms with E-state index in [9.17, 15) is 29.7 Å². The first-order chi connectivity index (χ1) is 38.2. The number of carbonyl (C=O) groups is 3. The summed E-state index contributed by atoms with van der Waals surface area (Å²) in [6.45, 7) is 35.4. The fourth-order valence-corrected chi connectivity index (χ4v) is 13.3. The van der Waals surface area contributed by atoms with Gasteiger partial charge in [0.15, 0.2) is 17.4 Å². The zero-order valence-electron chi connectivity index (χ0n) is 52.3. The number of thioether (sulfide) groups is 4. The first-order valence-corrected chi connectivity index (χ1v) is 33.2. The normalized spacial score (nSPS) is 12.7. The molecule has 0 fully saturated rings. The lowest BCUT2D eigenvalue weighted by Crippen LogP contribution is -2.18. The number of aliphatic hydroxyl groups excluding tert-OH is 2. The Labute approximate surface area is 526 Å². The lowest BCUT2D eigenvalue weighted by Gasteiger charge is -2.22. The Bertz CT molecular complexity index is 2640. The van der Waals surface area contributed by atoms with Crippen LogP contribution in [-0.4, -0.2) is 124 Å². The second-order valence-corrected chi connectivity index (χ2v) is 30.0. The number of esters is 3. The highest BCUT2D eigenvalue weighted by Gasteiger charge is 2.24. The van der Waals surface area contributed by atoms with Gasteiger partial charge in [-0.3, -0.25) is 14.4 Å². The molecule has 0 bridgehead atoms. The van der Waals surface area contributed by atoms with E-state index in [-0.39, 0.29) is 84.3 Å². The van der Waals surface area contributed by atoms with Crippen molar-refractivity contribution >= 4 is 87.6 Å². The summed E-state index contributed by atoms with van der Waals surface area (Å²) in [5.74, 6) is 2.64. The average molecular weight is 1280 g/mol. The van der Waals surface area contributed by atoms with Crippen molar-refractivity contribution < 1.29 is 59.6 Å². The van der Waals surface area contributed by atoms with Gasteiger partial charge in [0.25, 0.3) is 0 Å². The van der Waals surface area contributed by atoms with Crippen molar-refractivity contribution in [3.8, 4) is 17.2 Å². The number of aliphatic hydroxyl groups is 2. The molecule has 0 aliphatic heterocycles. The molecule has 3 aromatic carbocycles. The summed E-state index contributed by atoms with van der Waals surface area (Å²) in [5, 5.41) is 65.7. The number of methoxy groups -OCH3 is 1. The highest BCUT2D eigenvalue weighted by molar-refractivity contribution is 8.03. The van der Waals surface area contributed by atoms with Crippen molar-refractivity contribution in [1.82, 2.24) is 20.4 Å². The first kappa shape index (κ1) is 79.9. The fourth-order valence-electron chi connectivity index (χ4n) is 7.58. The number of aromatic hydroxyl groups is 3. The Morgan fingerprint density at radius 2 is 0.738 bits per heavy atom. The number of rotatable bonds is 23. The van der Waals surface area contributed by atoms with Crippen LogP contribution in [0.2, 0.25) is 0 Å². The van der Waals surface area contributed by atoms with Crippen molar-refractivity contribution in [3.63, 3.8) is 0 Å². The minimum atomic E-state index is -0.326. The topological polar surface area (TPSA) is 263 Å². The molecule has 0 aliphatic carbocycles. The number of aryl methyl sites for hydroxylation is 6. The summed E-state index contributed by atoms with van der Waals surface area (Å²) in [6.07, 6.45) is 1.39. The van der Waals surface area contributed by atoms with Crippen LogP contribution in [0.25, 0.3) is 0 Å². The molecule has 2 heterocycles. The van der Waals surface area contributed by atoms with Gasteiger partial charge >= 0.3 is 17.9 Å². The number of nitrogens with zero attached hydrogens (tertiary/aromatic N) is 4. The molecule has 2 aromatic heterocycles. The number of ether oxygens (including phenoxy) is 3. The molecule has 7 N–H and O–H groups in total. The highest BCUT2D eigenvalue weighted by Crippen LogP contribution is 2.38. The molecular weight excluding hydrogens is 1190 g/mol. The van der Waals surface area contributed by atoms with Gasteiger partial charge in [-0.1, -0.05) is 190 Å². The largest absolute Gasteiger partial charge is 0.507 e.